The molecule has 1 N–H and O–H groups in total. The van der Waals surface area contributed by atoms with Crippen molar-refractivity contribution in [1.82, 2.24) is 10.2 Å². The first-order valence-corrected chi connectivity index (χ1v) is 7.48. The maximum Gasteiger partial charge on any atom is 0.243 e. The van der Waals surface area contributed by atoms with Crippen LogP contribution in [0.2, 0.25) is 0 Å². The molecule has 4 nitrogen and oxygen atoms in total. The molecule has 1 heterocycles. The summed E-state index contributed by atoms with van der Waals surface area (Å²) in [5, 5.41) is 2.97. The van der Waals surface area contributed by atoms with Crippen LogP contribution in [0.4, 0.5) is 4.39 Å². The molecule has 1 aromatic rings. The van der Waals surface area contributed by atoms with Gasteiger partial charge in [-0.05, 0) is 43.4 Å². The van der Waals surface area contributed by atoms with Crippen molar-refractivity contribution < 1.29 is 14.0 Å². The molecule has 1 saturated heterocycles. The van der Waals surface area contributed by atoms with Gasteiger partial charge in [0.1, 0.15) is 11.9 Å². The Balaban J connectivity index is 1.62. The van der Waals surface area contributed by atoms with Gasteiger partial charge in [-0.1, -0.05) is 12.1 Å². The lowest BCUT2D eigenvalue weighted by Gasteiger charge is -2.24. The Morgan fingerprint density at radius 2 is 1.90 bits per heavy atom. The topological polar surface area (TPSA) is 49.4 Å². The first-order chi connectivity index (χ1) is 10.1. The van der Waals surface area contributed by atoms with E-state index >= 15 is 0 Å². The molecule has 0 aromatic heterocycles. The first-order valence-electron chi connectivity index (χ1n) is 7.48. The molecule has 1 atom stereocenters. The first kappa shape index (κ1) is 14.0. The maximum absolute atomic E-state index is 12.9. The second-order valence-electron chi connectivity index (χ2n) is 5.83. The molecule has 112 valence electrons. The normalized spacial score (nSPS) is 21.4. The second kappa shape index (κ2) is 5.84. The average Bonchev–Trinajstić information content (AvgIpc) is 3.13. The number of carbonyl (C=O) groups excluding carboxylic acids is 2. The summed E-state index contributed by atoms with van der Waals surface area (Å²) < 4.78 is 12.9. The van der Waals surface area contributed by atoms with Crippen LogP contribution in [0.3, 0.4) is 0 Å². The van der Waals surface area contributed by atoms with Crippen LogP contribution in [0, 0.1) is 5.82 Å². The van der Waals surface area contributed by atoms with Crippen molar-refractivity contribution in [2.75, 3.05) is 6.54 Å². The third kappa shape index (κ3) is 3.40. The van der Waals surface area contributed by atoms with Gasteiger partial charge in [-0.3, -0.25) is 9.59 Å². The lowest BCUT2D eigenvalue weighted by atomic mass is 10.1. The largest absolute Gasteiger partial charge is 0.352 e. The highest BCUT2D eigenvalue weighted by Crippen LogP contribution is 2.23. The van der Waals surface area contributed by atoms with Gasteiger partial charge in [-0.2, -0.15) is 0 Å². The molecule has 0 bridgehead atoms. The Hall–Kier alpha value is -1.91. The maximum atomic E-state index is 12.9. The number of likely N-dealkylation sites (tertiary alicyclic amines) is 1. The zero-order chi connectivity index (χ0) is 14.8. The van der Waals surface area contributed by atoms with E-state index < -0.39 is 0 Å². The third-order valence-corrected chi connectivity index (χ3v) is 4.07. The number of nitrogens with one attached hydrogen (secondary N) is 1. The summed E-state index contributed by atoms with van der Waals surface area (Å²) in [6.45, 7) is 0.628. The third-order valence-electron chi connectivity index (χ3n) is 4.07. The average molecular weight is 290 g/mol. The predicted octanol–water partition coefficient (Wildman–Crippen LogP) is 1.64. The van der Waals surface area contributed by atoms with Gasteiger partial charge in [0.25, 0.3) is 0 Å². The summed E-state index contributed by atoms with van der Waals surface area (Å²) in [4.78, 5) is 26.2. The molecule has 5 heteroatoms. The molecule has 21 heavy (non-hydrogen) atoms. The molecule has 1 saturated carbocycles. The Kier molecular flexibility index (Phi) is 3.90. The molecule has 3 rings (SSSR count). The SMILES string of the molecule is O=C(NC1CC1)[C@H]1CCCN1C(=O)Cc1ccc(F)cc1. The van der Waals surface area contributed by atoms with E-state index in [1.807, 2.05) is 0 Å². The van der Waals surface area contributed by atoms with Crippen LogP contribution in [0.1, 0.15) is 31.2 Å². The van der Waals surface area contributed by atoms with Gasteiger partial charge in [0.05, 0.1) is 6.42 Å². The van der Waals surface area contributed by atoms with Crippen molar-refractivity contribution in [2.24, 2.45) is 0 Å². The molecular weight excluding hydrogens is 271 g/mol. The quantitative estimate of drug-likeness (QED) is 0.916. The Morgan fingerprint density at radius 1 is 1.19 bits per heavy atom. The minimum Gasteiger partial charge on any atom is -0.352 e. The van der Waals surface area contributed by atoms with Crippen molar-refractivity contribution >= 4 is 11.8 Å². The molecule has 1 aliphatic carbocycles. The number of hydrogen-bond acceptors (Lipinski definition) is 2. The zero-order valence-electron chi connectivity index (χ0n) is 11.8. The molecule has 0 spiro atoms. The fourth-order valence-corrected chi connectivity index (χ4v) is 2.74. The van der Waals surface area contributed by atoms with Crippen molar-refractivity contribution in [1.29, 1.82) is 0 Å². The van der Waals surface area contributed by atoms with Crippen LogP contribution in [0.5, 0.6) is 0 Å². The number of carbonyl (C=O) groups is 2. The standard InChI is InChI=1S/C16H19FN2O2/c17-12-5-3-11(4-6-12)10-15(20)19-9-1-2-14(19)16(21)18-13-7-8-13/h3-6,13-14H,1-2,7-10H2,(H,18,21)/t14-/m1/s1. The lowest BCUT2D eigenvalue weighted by Crippen LogP contribution is -2.47. The van der Waals surface area contributed by atoms with Gasteiger partial charge in [-0.25, -0.2) is 4.39 Å². The van der Waals surface area contributed by atoms with Crippen LogP contribution >= 0.6 is 0 Å². The molecule has 2 aliphatic rings. The number of halogens is 1. The summed E-state index contributed by atoms with van der Waals surface area (Å²) in [7, 11) is 0. The van der Waals surface area contributed by atoms with E-state index in [9.17, 15) is 14.0 Å². The number of benzene rings is 1. The zero-order valence-corrected chi connectivity index (χ0v) is 11.8. The van der Waals surface area contributed by atoms with Gasteiger partial charge in [-0.15, -0.1) is 0 Å². The highest BCUT2D eigenvalue weighted by Gasteiger charge is 2.36. The van der Waals surface area contributed by atoms with Gasteiger partial charge >= 0.3 is 0 Å². The van der Waals surface area contributed by atoms with Crippen molar-refractivity contribution in [3.8, 4) is 0 Å². The number of rotatable bonds is 4. The molecule has 2 amide bonds. The van der Waals surface area contributed by atoms with Crippen molar-refractivity contribution in [3.05, 3.63) is 35.6 Å². The minimum atomic E-state index is -0.335. The molecule has 0 radical (unpaired) electrons. The van der Waals surface area contributed by atoms with Crippen LogP contribution < -0.4 is 5.32 Å². The number of amides is 2. The molecule has 1 aromatic carbocycles. The minimum absolute atomic E-state index is 0.0255. The molecule has 0 unspecified atom stereocenters. The van der Waals surface area contributed by atoms with Crippen LogP contribution in [-0.4, -0.2) is 35.3 Å². The highest BCUT2D eigenvalue weighted by atomic mass is 19.1. The summed E-state index contributed by atoms with van der Waals surface area (Å²) >= 11 is 0. The number of nitrogens with zero attached hydrogens (tertiary/aromatic N) is 1. The van der Waals surface area contributed by atoms with E-state index in [-0.39, 0.29) is 30.1 Å². The fraction of sp³-hybridized carbons (Fsp3) is 0.500. The van der Waals surface area contributed by atoms with E-state index in [0.29, 0.717) is 12.6 Å². The lowest BCUT2D eigenvalue weighted by molar-refractivity contribution is -0.138. The van der Waals surface area contributed by atoms with E-state index in [1.165, 1.54) is 12.1 Å². The van der Waals surface area contributed by atoms with Crippen LogP contribution in [-0.2, 0) is 16.0 Å². The van der Waals surface area contributed by atoms with Crippen molar-refractivity contribution in [3.63, 3.8) is 0 Å². The number of hydrogen-bond donors (Lipinski definition) is 1. The summed E-state index contributed by atoms with van der Waals surface area (Å²) in [5.41, 5.74) is 0.773. The van der Waals surface area contributed by atoms with Crippen LogP contribution in [0.25, 0.3) is 0 Å². The van der Waals surface area contributed by atoms with E-state index in [2.05, 4.69) is 5.32 Å². The summed E-state index contributed by atoms with van der Waals surface area (Å²) in [5.74, 6) is -0.397. The molecular formula is C16H19FN2O2. The Bertz CT molecular complexity index is 540. The van der Waals surface area contributed by atoms with E-state index in [0.717, 1.165) is 31.2 Å². The summed E-state index contributed by atoms with van der Waals surface area (Å²) in [6, 6.07) is 5.91. The van der Waals surface area contributed by atoms with Gasteiger partial charge in [0.15, 0.2) is 0 Å². The predicted molar refractivity (Wildman–Crippen MR) is 76.0 cm³/mol. The summed E-state index contributed by atoms with van der Waals surface area (Å²) in [6.07, 6.45) is 3.89. The van der Waals surface area contributed by atoms with Crippen LogP contribution in [0.15, 0.2) is 24.3 Å². The second-order valence-corrected chi connectivity index (χ2v) is 5.83. The van der Waals surface area contributed by atoms with E-state index in [1.54, 1.807) is 17.0 Å². The Labute approximate surface area is 123 Å². The fourth-order valence-electron chi connectivity index (χ4n) is 2.74. The smallest absolute Gasteiger partial charge is 0.243 e. The van der Waals surface area contributed by atoms with Gasteiger partial charge in [0, 0.05) is 12.6 Å². The highest BCUT2D eigenvalue weighted by molar-refractivity contribution is 5.89. The van der Waals surface area contributed by atoms with E-state index in [4.69, 9.17) is 0 Å². The van der Waals surface area contributed by atoms with Gasteiger partial charge in [0.2, 0.25) is 11.8 Å². The molecule has 1 aliphatic heterocycles. The monoisotopic (exact) mass is 290 g/mol. The molecule has 2 fully saturated rings. The van der Waals surface area contributed by atoms with Crippen molar-refractivity contribution in [2.45, 2.75) is 44.2 Å². The van der Waals surface area contributed by atoms with Gasteiger partial charge < -0.3 is 10.2 Å². The Morgan fingerprint density at radius 3 is 2.57 bits per heavy atom.